The molecule has 0 saturated carbocycles. The van der Waals surface area contributed by atoms with Gasteiger partial charge in [0.25, 0.3) is 0 Å². The summed E-state index contributed by atoms with van der Waals surface area (Å²) in [6.45, 7) is 6.73. The zero-order chi connectivity index (χ0) is 28.0. The third-order valence-electron chi connectivity index (χ3n) is 7.14. The van der Waals surface area contributed by atoms with Crippen molar-refractivity contribution in [3.63, 3.8) is 0 Å². The molecule has 0 fully saturated rings. The minimum atomic E-state index is -0.852. The fourth-order valence-electron chi connectivity index (χ4n) is 4.96. The minimum Gasteiger partial charge on any atom is -0.491 e. The number of unbranched alkanes of at least 4 members (excludes halogenated alkanes) is 4. The number of nitrogens with one attached hydrogen (secondary N) is 1. The van der Waals surface area contributed by atoms with E-state index in [9.17, 15) is 9.59 Å². The Labute approximate surface area is 233 Å². The van der Waals surface area contributed by atoms with Crippen molar-refractivity contribution in [3.05, 3.63) is 66.4 Å². The van der Waals surface area contributed by atoms with Crippen molar-refractivity contribution in [1.29, 1.82) is 0 Å². The normalized spacial score (nSPS) is 11.7. The molecular weight excluding hydrogens is 488 g/mol. The van der Waals surface area contributed by atoms with E-state index in [-0.39, 0.29) is 18.9 Å². The zero-order valence-electron chi connectivity index (χ0n) is 23.7. The molecular formula is C33H44N2O4. The Kier molecular flexibility index (Phi) is 12.1. The smallest absolute Gasteiger partial charge is 0.303 e. The molecule has 0 atom stereocenters. The molecule has 0 radical (unpaired) electrons. The molecule has 6 heteroatoms. The Bertz CT molecular complexity index is 1230. The highest BCUT2D eigenvalue weighted by atomic mass is 16.5. The highest BCUT2D eigenvalue weighted by molar-refractivity contribution is 6.04. The summed E-state index contributed by atoms with van der Waals surface area (Å²) in [7, 11) is 0. The Morgan fingerprint density at radius 1 is 0.974 bits per heavy atom. The molecule has 0 aliphatic carbocycles. The topological polar surface area (TPSA) is 80.6 Å². The second-order valence-corrected chi connectivity index (χ2v) is 10.3. The molecule has 3 rings (SSSR count). The van der Waals surface area contributed by atoms with Crippen molar-refractivity contribution in [3.8, 4) is 5.75 Å². The SMILES string of the molecule is CCCCCC(CCCCC)n1ccc2cc(C(C)=CC(=O)Nc3ccccc3OCCCC(=O)O)ccc21. The van der Waals surface area contributed by atoms with Crippen LogP contribution in [0, 0.1) is 0 Å². The first kappa shape index (κ1) is 30.0. The molecule has 6 nitrogen and oxygen atoms in total. The summed E-state index contributed by atoms with van der Waals surface area (Å²) in [5.41, 5.74) is 3.71. The first-order valence-electron chi connectivity index (χ1n) is 14.5. The lowest BCUT2D eigenvalue weighted by atomic mass is 10.0. The number of para-hydroxylation sites is 2. The second kappa shape index (κ2) is 15.8. The van der Waals surface area contributed by atoms with Crippen molar-refractivity contribution < 1.29 is 19.4 Å². The number of carbonyl (C=O) groups is 2. The van der Waals surface area contributed by atoms with Crippen LogP contribution in [0.4, 0.5) is 5.69 Å². The quantitative estimate of drug-likeness (QED) is 0.135. The summed E-state index contributed by atoms with van der Waals surface area (Å²) in [5.74, 6) is -0.564. The number of fused-ring (bicyclic) bond motifs is 1. The Morgan fingerprint density at radius 2 is 1.69 bits per heavy atom. The van der Waals surface area contributed by atoms with Gasteiger partial charge in [0.15, 0.2) is 0 Å². The van der Waals surface area contributed by atoms with Gasteiger partial charge in [-0.15, -0.1) is 0 Å². The monoisotopic (exact) mass is 532 g/mol. The van der Waals surface area contributed by atoms with Gasteiger partial charge in [0.1, 0.15) is 5.75 Å². The number of aliphatic carboxylic acids is 1. The third-order valence-corrected chi connectivity index (χ3v) is 7.14. The number of carboxylic acid groups (broad SMARTS) is 1. The molecule has 0 unspecified atom stereocenters. The first-order valence-corrected chi connectivity index (χ1v) is 14.5. The highest BCUT2D eigenvalue weighted by Crippen LogP contribution is 2.30. The summed E-state index contributed by atoms with van der Waals surface area (Å²) >= 11 is 0. The van der Waals surface area contributed by atoms with Gasteiger partial charge in [0.05, 0.1) is 12.3 Å². The molecule has 0 bridgehead atoms. The van der Waals surface area contributed by atoms with Gasteiger partial charge < -0.3 is 19.7 Å². The average Bonchev–Trinajstić information content (AvgIpc) is 3.34. The van der Waals surface area contributed by atoms with E-state index in [2.05, 4.69) is 54.2 Å². The maximum Gasteiger partial charge on any atom is 0.303 e. The molecule has 1 amide bonds. The predicted octanol–water partition coefficient (Wildman–Crippen LogP) is 8.63. The first-order chi connectivity index (χ1) is 18.9. The molecule has 2 N–H and O–H groups in total. The van der Waals surface area contributed by atoms with Crippen LogP contribution in [-0.2, 0) is 9.59 Å². The highest BCUT2D eigenvalue weighted by Gasteiger charge is 2.14. The molecule has 0 spiro atoms. The largest absolute Gasteiger partial charge is 0.491 e. The van der Waals surface area contributed by atoms with Gasteiger partial charge in [-0.3, -0.25) is 9.59 Å². The molecule has 0 aliphatic heterocycles. The second-order valence-electron chi connectivity index (χ2n) is 10.3. The van der Waals surface area contributed by atoms with Gasteiger partial charge >= 0.3 is 5.97 Å². The average molecular weight is 533 g/mol. The Balaban J connectivity index is 1.70. The van der Waals surface area contributed by atoms with Crippen molar-refractivity contribution in [2.24, 2.45) is 0 Å². The number of amides is 1. The summed E-state index contributed by atoms with van der Waals surface area (Å²) in [6, 6.07) is 16.4. The summed E-state index contributed by atoms with van der Waals surface area (Å²) < 4.78 is 8.17. The van der Waals surface area contributed by atoms with E-state index in [4.69, 9.17) is 9.84 Å². The van der Waals surface area contributed by atoms with Crippen LogP contribution in [-0.4, -0.2) is 28.2 Å². The summed E-state index contributed by atoms with van der Waals surface area (Å²) in [4.78, 5) is 23.6. The van der Waals surface area contributed by atoms with Crippen molar-refractivity contribution in [1.82, 2.24) is 4.57 Å². The molecule has 210 valence electrons. The van der Waals surface area contributed by atoms with E-state index in [0.29, 0.717) is 23.9 Å². The standard InChI is InChI=1S/C33H44N2O4/c1-4-6-8-13-28(14-9-7-5-2)35-21-20-27-24-26(18-19-30(27)35)25(3)23-32(36)34-29-15-10-11-16-31(29)39-22-12-17-33(37)38/h10-11,15-16,18-21,23-24,28H,4-9,12-14,17,22H2,1-3H3,(H,34,36)(H,37,38). The van der Waals surface area contributed by atoms with Gasteiger partial charge in [-0.05, 0) is 67.7 Å². The zero-order valence-corrected chi connectivity index (χ0v) is 23.7. The number of rotatable bonds is 17. The number of nitrogens with zero attached hydrogens (tertiary/aromatic N) is 1. The molecule has 0 aliphatic rings. The summed E-state index contributed by atoms with van der Waals surface area (Å²) in [5, 5.41) is 12.9. The number of benzene rings is 2. The van der Waals surface area contributed by atoms with E-state index >= 15 is 0 Å². The lowest BCUT2D eigenvalue weighted by Crippen LogP contribution is -2.11. The fourth-order valence-corrected chi connectivity index (χ4v) is 4.96. The number of carbonyl (C=O) groups excluding carboxylic acids is 1. The number of aromatic nitrogens is 1. The molecule has 0 saturated heterocycles. The fraction of sp³-hybridized carbons (Fsp3) is 0.455. The Hall–Kier alpha value is -3.54. The molecule has 1 heterocycles. The lowest BCUT2D eigenvalue weighted by molar-refractivity contribution is -0.137. The van der Waals surface area contributed by atoms with E-state index < -0.39 is 5.97 Å². The van der Waals surface area contributed by atoms with E-state index in [1.165, 1.54) is 62.3 Å². The van der Waals surface area contributed by atoms with E-state index in [1.807, 2.05) is 19.1 Å². The van der Waals surface area contributed by atoms with Gasteiger partial charge in [0, 0.05) is 35.6 Å². The Morgan fingerprint density at radius 3 is 2.38 bits per heavy atom. The van der Waals surface area contributed by atoms with E-state index in [0.717, 1.165) is 11.1 Å². The lowest BCUT2D eigenvalue weighted by Gasteiger charge is -2.20. The molecule has 1 aromatic heterocycles. The number of hydrogen-bond acceptors (Lipinski definition) is 3. The maximum absolute atomic E-state index is 12.9. The van der Waals surface area contributed by atoms with Crippen molar-refractivity contribution in [2.75, 3.05) is 11.9 Å². The predicted molar refractivity (Wildman–Crippen MR) is 160 cm³/mol. The van der Waals surface area contributed by atoms with Crippen LogP contribution >= 0.6 is 0 Å². The van der Waals surface area contributed by atoms with Crippen molar-refractivity contribution >= 4 is 34.0 Å². The summed E-state index contributed by atoms with van der Waals surface area (Å²) in [6.07, 6.45) is 14.3. The number of hydrogen-bond donors (Lipinski definition) is 2. The minimum absolute atomic E-state index is 0.0442. The van der Waals surface area contributed by atoms with Crippen LogP contribution < -0.4 is 10.1 Å². The van der Waals surface area contributed by atoms with Crippen molar-refractivity contribution in [2.45, 2.75) is 91.0 Å². The van der Waals surface area contributed by atoms with Gasteiger partial charge in [-0.25, -0.2) is 0 Å². The maximum atomic E-state index is 12.9. The molecule has 3 aromatic rings. The number of allylic oxidation sites excluding steroid dienone is 1. The van der Waals surface area contributed by atoms with Crippen LogP contribution in [0.3, 0.4) is 0 Å². The van der Waals surface area contributed by atoms with Crippen LogP contribution in [0.1, 0.15) is 96.6 Å². The number of anilines is 1. The van der Waals surface area contributed by atoms with Gasteiger partial charge in [-0.2, -0.15) is 0 Å². The van der Waals surface area contributed by atoms with Crippen LogP contribution in [0.2, 0.25) is 0 Å². The van der Waals surface area contributed by atoms with Crippen LogP contribution in [0.5, 0.6) is 5.75 Å². The van der Waals surface area contributed by atoms with Crippen LogP contribution in [0.25, 0.3) is 16.5 Å². The number of carboxylic acids is 1. The van der Waals surface area contributed by atoms with Gasteiger partial charge in [-0.1, -0.05) is 70.6 Å². The third kappa shape index (κ3) is 9.31. The molecule has 39 heavy (non-hydrogen) atoms. The van der Waals surface area contributed by atoms with Gasteiger partial charge in [0.2, 0.25) is 5.91 Å². The van der Waals surface area contributed by atoms with Crippen LogP contribution in [0.15, 0.2) is 60.8 Å². The molecule has 2 aromatic carbocycles. The van der Waals surface area contributed by atoms with E-state index in [1.54, 1.807) is 18.2 Å². The number of ether oxygens (including phenoxy) is 1.